The summed E-state index contributed by atoms with van der Waals surface area (Å²) in [6.45, 7) is 9.90. The monoisotopic (exact) mass is 230 g/mol. The molecule has 0 radical (unpaired) electrons. The van der Waals surface area contributed by atoms with E-state index in [-0.39, 0.29) is 12.0 Å². The lowest BCUT2D eigenvalue weighted by molar-refractivity contribution is -0.143. The van der Waals surface area contributed by atoms with Crippen molar-refractivity contribution in [3.05, 3.63) is 0 Å². The third kappa shape index (κ3) is 6.08. The van der Waals surface area contributed by atoms with Crippen LogP contribution in [0.1, 0.15) is 33.6 Å². The minimum atomic E-state index is -0.201. The normalized spacial score (nSPS) is 12.8. The van der Waals surface area contributed by atoms with Gasteiger partial charge in [0, 0.05) is 6.54 Å². The zero-order valence-corrected chi connectivity index (χ0v) is 11.1. The SMILES string of the molecule is CCCN(CCC)CC(NCC)C(=O)OC. The Morgan fingerprint density at radius 3 is 2.19 bits per heavy atom. The summed E-state index contributed by atoms with van der Waals surface area (Å²) in [4.78, 5) is 13.8. The van der Waals surface area contributed by atoms with Gasteiger partial charge in [-0.25, -0.2) is 0 Å². The van der Waals surface area contributed by atoms with Crippen molar-refractivity contribution >= 4 is 5.97 Å². The molecule has 0 aromatic heterocycles. The smallest absolute Gasteiger partial charge is 0.324 e. The standard InChI is InChI=1S/C12H26N2O2/c1-5-8-14(9-6-2)10-11(13-7-3)12(15)16-4/h11,13H,5-10H2,1-4H3. The molecule has 0 aliphatic carbocycles. The molecule has 16 heavy (non-hydrogen) atoms. The Kier molecular flexibility index (Phi) is 9.24. The first-order chi connectivity index (χ1) is 7.69. The maximum absolute atomic E-state index is 11.5. The van der Waals surface area contributed by atoms with Gasteiger partial charge in [-0.1, -0.05) is 20.8 Å². The molecule has 0 saturated heterocycles. The van der Waals surface area contributed by atoms with Gasteiger partial charge >= 0.3 is 5.97 Å². The van der Waals surface area contributed by atoms with Gasteiger partial charge in [0.05, 0.1) is 7.11 Å². The van der Waals surface area contributed by atoms with E-state index in [9.17, 15) is 4.79 Å². The number of esters is 1. The fourth-order valence-corrected chi connectivity index (χ4v) is 1.80. The predicted molar refractivity (Wildman–Crippen MR) is 66.5 cm³/mol. The molecule has 0 heterocycles. The number of likely N-dealkylation sites (N-methyl/N-ethyl adjacent to an activating group) is 1. The van der Waals surface area contributed by atoms with Gasteiger partial charge in [-0.15, -0.1) is 0 Å². The molecule has 0 aromatic rings. The van der Waals surface area contributed by atoms with Crippen LogP contribution in [0.3, 0.4) is 0 Å². The van der Waals surface area contributed by atoms with Crippen LogP contribution >= 0.6 is 0 Å². The molecular formula is C12H26N2O2. The van der Waals surface area contributed by atoms with Crippen molar-refractivity contribution in [3.63, 3.8) is 0 Å². The first-order valence-corrected chi connectivity index (χ1v) is 6.23. The molecule has 0 saturated carbocycles. The number of methoxy groups -OCH3 is 1. The van der Waals surface area contributed by atoms with Crippen LogP contribution in [-0.4, -0.2) is 50.2 Å². The summed E-state index contributed by atoms with van der Waals surface area (Å²) < 4.78 is 4.79. The quantitative estimate of drug-likeness (QED) is 0.606. The molecule has 0 bridgehead atoms. The highest BCUT2D eigenvalue weighted by atomic mass is 16.5. The van der Waals surface area contributed by atoms with Gasteiger partial charge in [0.1, 0.15) is 6.04 Å². The molecule has 4 heteroatoms. The Morgan fingerprint density at radius 2 is 1.81 bits per heavy atom. The summed E-state index contributed by atoms with van der Waals surface area (Å²) in [5.74, 6) is -0.168. The van der Waals surface area contributed by atoms with Crippen molar-refractivity contribution in [2.75, 3.05) is 33.3 Å². The van der Waals surface area contributed by atoms with Crippen LogP contribution in [0.5, 0.6) is 0 Å². The van der Waals surface area contributed by atoms with Crippen LogP contribution in [-0.2, 0) is 9.53 Å². The van der Waals surface area contributed by atoms with Crippen LogP contribution in [0, 0.1) is 0 Å². The van der Waals surface area contributed by atoms with Crippen molar-refractivity contribution in [3.8, 4) is 0 Å². The largest absolute Gasteiger partial charge is 0.468 e. The van der Waals surface area contributed by atoms with Crippen molar-refractivity contribution < 1.29 is 9.53 Å². The van der Waals surface area contributed by atoms with Crippen molar-refractivity contribution in [1.29, 1.82) is 0 Å². The Labute approximate surface area is 99.3 Å². The third-order valence-corrected chi connectivity index (χ3v) is 2.46. The number of carbonyl (C=O) groups excluding carboxylic acids is 1. The molecule has 96 valence electrons. The van der Waals surface area contributed by atoms with Gasteiger partial charge in [0.2, 0.25) is 0 Å². The average Bonchev–Trinajstić information content (AvgIpc) is 2.28. The average molecular weight is 230 g/mol. The van der Waals surface area contributed by atoms with Crippen molar-refractivity contribution in [2.24, 2.45) is 0 Å². The summed E-state index contributed by atoms with van der Waals surface area (Å²) >= 11 is 0. The number of nitrogens with zero attached hydrogens (tertiary/aromatic N) is 1. The summed E-state index contributed by atoms with van der Waals surface area (Å²) in [5, 5.41) is 3.16. The minimum absolute atomic E-state index is 0.168. The highest BCUT2D eigenvalue weighted by molar-refractivity contribution is 5.75. The summed E-state index contributed by atoms with van der Waals surface area (Å²) in [6.07, 6.45) is 2.22. The van der Waals surface area contributed by atoms with Crippen LogP contribution < -0.4 is 5.32 Å². The van der Waals surface area contributed by atoms with E-state index in [0.29, 0.717) is 0 Å². The van der Waals surface area contributed by atoms with E-state index < -0.39 is 0 Å². The number of ether oxygens (including phenoxy) is 1. The van der Waals surface area contributed by atoms with Crippen LogP contribution in [0.25, 0.3) is 0 Å². The Morgan fingerprint density at radius 1 is 1.25 bits per heavy atom. The topological polar surface area (TPSA) is 41.6 Å². The summed E-state index contributed by atoms with van der Waals surface area (Å²) in [7, 11) is 1.44. The Hall–Kier alpha value is -0.610. The number of rotatable bonds is 9. The van der Waals surface area contributed by atoms with E-state index >= 15 is 0 Å². The molecule has 1 atom stereocenters. The second-order valence-electron chi connectivity index (χ2n) is 3.93. The first-order valence-electron chi connectivity index (χ1n) is 6.23. The molecule has 0 amide bonds. The van der Waals surface area contributed by atoms with E-state index in [1.807, 2.05) is 6.92 Å². The van der Waals surface area contributed by atoms with Gasteiger partial charge in [-0.3, -0.25) is 4.79 Å². The Bertz CT molecular complexity index is 180. The van der Waals surface area contributed by atoms with Crippen molar-refractivity contribution in [1.82, 2.24) is 10.2 Å². The zero-order valence-electron chi connectivity index (χ0n) is 11.1. The first kappa shape index (κ1) is 15.4. The molecule has 0 fully saturated rings. The van der Waals surface area contributed by atoms with Crippen LogP contribution in [0.4, 0.5) is 0 Å². The highest BCUT2D eigenvalue weighted by Crippen LogP contribution is 1.98. The fraction of sp³-hybridized carbons (Fsp3) is 0.917. The number of carbonyl (C=O) groups is 1. The molecule has 0 spiro atoms. The lowest BCUT2D eigenvalue weighted by atomic mass is 10.2. The Balaban J connectivity index is 4.25. The second kappa shape index (κ2) is 9.60. The number of hydrogen-bond acceptors (Lipinski definition) is 4. The van der Waals surface area contributed by atoms with E-state index in [1.54, 1.807) is 0 Å². The summed E-state index contributed by atoms with van der Waals surface area (Å²) in [5.41, 5.74) is 0. The van der Waals surface area contributed by atoms with Crippen molar-refractivity contribution in [2.45, 2.75) is 39.7 Å². The van der Waals surface area contributed by atoms with Crippen LogP contribution in [0.15, 0.2) is 0 Å². The van der Waals surface area contributed by atoms with Gasteiger partial charge in [0.15, 0.2) is 0 Å². The fourth-order valence-electron chi connectivity index (χ4n) is 1.80. The van der Waals surface area contributed by atoms with Crippen LogP contribution in [0.2, 0.25) is 0 Å². The maximum atomic E-state index is 11.5. The highest BCUT2D eigenvalue weighted by Gasteiger charge is 2.20. The van der Waals surface area contributed by atoms with E-state index in [2.05, 4.69) is 24.1 Å². The van der Waals surface area contributed by atoms with Gasteiger partial charge in [0.25, 0.3) is 0 Å². The molecule has 4 nitrogen and oxygen atoms in total. The minimum Gasteiger partial charge on any atom is -0.468 e. The molecule has 0 aliphatic heterocycles. The number of nitrogens with one attached hydrogen (secondary N) is 1. The van der Waals surface area contributed by atoms with Gasteiger partial charge in [-0.2, -0.15) is 0 Å². The molecule has 0 aliphatic rings. The van der Waals surface area contributed by atoms with Gasteiger partial charge in [-0.05, 0) is 32.5 Å². The lowest BCUT2D eigenvalue weighted by Crippen LogP contribution is -2.47. The molecule has 0 rings (SSSR count). The van der Waals surface area contributed by atoms with E-state index in [1.165, 1.54) is 7.11 Å². The zero-order chi connectivity index (χ0) is 12.4. The van der Waals surface area contributed by atoms with Gasteiger partial charge < -0.3 is 15.0 Å². The van der Waals surface area contributed by atoms with E-state index in [0.717, 1.165) is 39.0 Å². The third-order valence-electron chi connectivity index (χ3n) is 2.46. The molecule has 0 aromatic carbocycles. The summed E-state index contributed by atoms with van der Waals surface area (Å²) in [6, 6.07) is -0.201. The molecular weight excluding hydrogens is 204 g/mol. The number of hydrogen-bond donors (Lipinski definition) is 1. The predicted octanol–water partition coefficient (Wildman–Crippen LogP) is 1.26. The maximum Gasteiger partial charge on any atom is 0.324 e. The molecule has 1 N–H and O–H groups in total. The second-order valence-corrected chi connectivity index (χ2v) is 3.93. The van der Waals surface area contributed by atoms with E-state index in [4.69, 9.17) is 4.74 Å². The lowest BCUT2D eigenvalue weighted by Gasteiger charge is -2.25. The molecule has 1 unspecified atom stereocenters.